The Morgan fingerprint density at radius 2 is 0.870 bits per heavy atom. The van der Waals surface area contributed by atoms with Gasteiger partial charge in [0.25, 0.3) is 0 Å². The Morgan fingerprint density at radius 3 is 1.00 bits per heavy atom. The first kappa shape index (κ1) is 33.2. The zero-order valence-corrected chi connectivity index (χ0v) is 14.6. The molecule has 0 aromatic rings. The average molecular weight is 332 g/mol. The minimum absolute atomic E-state index is 0.125. The van der Waals surface area contributed by atoms with Crippen LogP contribution < -0.4 is 0 Å². The summed E-state index contributed by atoms with van der Waals surface area (Å²) in [7, 11) is 0. The number of aliphatic hydroxyl groups is 2. The van der Waals surface area contributed by atoms with Gasteiger partial charge >= 0.3 is 0 Å². The highest BCUT2D eigenvalue weighted by molar-refractivity contribution is 4.71. The van der Waals surface area contributed by atoms with Crippen LogP contribution in [0.25, 0.3) is 0 Å². The molecule has 0 saturated carbocycles. The molecule has 0 bridgehead atoms. The van der Waals surface area contributed by atoms with Crippen molar-refractivity contribution in [1.29, 1.82) is 0 Å². The van der Waals surface area contributed by atoms with E-state index in [0.29, 0.717) is 12.2 Å². The second kappa shape index (κ2) is 42.8. The molecule has 2 fully saturated rings. The van der Waals surface area contributed by atoms with Gasteiger partial charge in [-0.05, 0) is 0 Å². The molecule has 23 heavy (non-hydrogen) atoms. The van der Waals surface area contributed by atoms with Gasteiger partial charge in [-0.3, -0.25) is 0 Å². The molecule has 0 radical (unpaired) electrons. The Balaban J connectivity index is -0.0000000666. The number of hydrogen-bond donors (Lipinski definition) is 2. The van der Waals surface area contributed by atoms with Crippen molar-refractivity contribution in [3.05, 3.63) is 65.8 Å². The standard InChI is InChI=1S/C6H10O3.C2H6O2.5C2H4/c1(5-3-8-5)7-2-6-4-9-6;3-1-2-4;5*1-2/h5-6H,1-4H2;3-4H,1-2H2;5*1-2H2. The van der Waals surface area contributed by atoms with Crippen molar-refractivity contribution in [3.8, 4) is 0 Å². The van der Waals surface area contributed by atoms with Gasteiger partial charge in [0, 0.05) is 0 Å². The van der Waals surface area contributed by atoms with Crippen LogP contribution in [0.5, 0.6) is 0 Å². The summed E-state index contributed by atoms with van der Waals surface area (Å²) in [5.41, 5.74) is 0. The van der Waals surface area contributed by atoms with Crippen LogP contribution in [0.15, 0.2) is 65.8 Å². The van der Waals surface area contributed by atoms with Crippen molar-refractivity contribution in [1.82, 2.24) is 0 Å². The zero-order chi connectivity index (χ0) is 19.5. The first-order valence-electron chi connectivity index (χ1n) is 6.89. The summed E-state index contributed by atoms with van der Waals surface area (Å²) in [5, 5.41) is 15.2. The van der Waals surface area contributed by atoms with Crippen LogP contribution in [0.4, 0.5) is 0 Å². The highest BCUT2D eigenvalue weighted by atomic mass is 16.6. The van der Waals surface area contributed by atoms with Crippen molar-refractivity contribution in [2.45, 2.75) is 12.2 Å². The van der Waals surface area contributed by atoms with E-state index in [1.165, 1.54) is 0 Å². The van der Waals surface area contributed by atoms with Crippen LogP contribution in [0.3, 0.4) is 0 Å². The number of ether oxygens (including phenoxy) is 3. The van der Waals surface area contributed by atoms with Gasteiger partial charge in [-0.15, -0.1) is 65.8 Å². The molecule has 2 atom stereocenters. The molecule has 0 amide bonds. The van der Waals surface area contributed by atoms with Crippen molar-refractivity contribution >= 4 is 0 Å². The molecule has 2 heterocycles. The summed E-state index contributed by atoms with van der Waals surface area (Å²) in [4.78, 5) is 0. The molecular weight excluding hydrogens is 296 g/mol. The number of hydrogen-bond acceptors (Lipinski definition) is 5. The Labute approximate surface area is 142 Å². The molecule has 2 aliphatic rings. The normalized spacial score (nSPS) is 17.3. The minimum Gasteiger partial charge on any atom is -0.394 e. The lowest BCUT2D eigenvalue weighted by Crippen LogP contribution is -2.06. The molecule has 2 N–H and O–H groups in total. The summed E-state index contributed by atoms with van der Waals surface area (Å²) in [5.74, 6) is 0. The van der Waals surface area contributed by atoms with Crippen LogP contribution in [-0.2, 0) is 14.2 Å². The van der Waals surface area contributed by atoms with E-state index in [9.17, 15) is 0 Å². The number of aliphatic hydroxyl groups excluding tert-OH is 2. The maximum atomic E-state index is 7.62. The summed E-state index contributed by atoms with van der Waals surface area (Å²) >= 11 is 0. The maximum absolute atomic E-state index is 7.62. The maximum Gasteiger partial charge on any atom is 0.104 e. The number of epoxide rings is 2. The second-order valence-corrected chi connectivity index (χ2v) is 2.90. The van der Waals surface area contributed by atoms with Gasteiger partial charge in [0.2, 0.25) is 0 Å². The molecule has 0 aromatic carbocycles. The molecule has 2 saturated heterocycles. The fraction of sp³-hybridized carbons (Fsp3) is 0.444. The number of rotatable bonds is 5. The van der Waals surface area contributed by atoms with E-state index >= 15 is 0 Å². The lowest BCUT2D eigenvalue weighted by atomic mass is 10.5. The summed E-state index contributed by atoms with van der Waals surface area (Å²) in [6, 6.07) is 0. The summed E-state index contributed by atoms with van der Waals surface area (Å²) in [6.45, 7) is 33.0. The smallest absolute Gasteiger partial charge is 0.104 e. The van der Waals surface area contributed by atoms with Gasteiger partial charge in [-0.1, -0.05) is 0 Å². The van der Waals surface area contributed by atoms with Crippen LogP contribution >= 0.6 is 0 Å². The highest BCUT2D eigenvalue weighted by Gasteiger charge is 2.26. The Kier molecular flexibility index (Phi) is 61.7. The van der Waals surface area contributed by atoms with Crippen molar-refractivity contribution < 1.29 is 24.4 Å². The minimum atomic E-state index is -0.125. The van der Waals surface area contributed by atoms with Gasteiger partial charge < -0.3 is 24.4 Å². The van der Waals surface area contributed by atoms with Gasteiger partial charge in [0.15, 0.2) is 0 Å². The highest BCUT2D eigenvalue weighted by Crippen LogP contribution is 2.12. The fourth-order valence-corrected chi connectivity index (χ4v) is 0.659. The molecule has 138 valence electrons. The molecule has 0 aliphatic carbocycles. The third-order valence-corrected chi connectivity index (χ3v) is 1.51. The van der Waals surface area contributed by atoms with E-state index in [1.54, 1.807) is 0 Å². The van der Waals surface area contributed by atoms with Gasteiger partial charge in [-0.2, -0.15) is 0 Å². The van der Waals surface area contributed by atoms with E-state index in [0.717, 1.165) is 26.4 Å². The quantitative estimate of drug-likeness (QED) is 0.598. The monoisotopic (exact) mass is 332 g/mol. The molecule has 5 heteroatoms. The van der Waals surface area contributed by atoms with Crippen molar-refractivity contribution in [2.75, 3.05) is 39.6 Å². The lowest BCUT2D eigenvalue weighted by molar-refractivity contribution is 0.102. The first-order chi connectivity index (χ1) is 11.4. The third-order valence-electron chi connectivity index (χ3n) is 1.51. The first-order valence-corrected chi connectivity index (χ1v) is 6.89. The van der Waals surface area contributed by atoms with Crippen LogP contribution in [0.1, 0.15) is 0 Å². The van der Waals surface area contributed by atoms with E-state index in [1.807, 2.05) is 0 Å². The van der Waals surface area contributed by atoms with Crippen molar-refractivity contribution in [3.63, 3.8) is 0 Å². The second-order valence-electron chi connectivity index (χ2n) is 2.90. The Bertz CT molecular complexity index is 157. The molecule has 2 aliphatic heterocycles. The predicted molar refractivity (Wildman–Crippen MR) is 101 cm³/mol. The van der Waals surface area contributed by atoms with Gasteiger partial charge in [0.1, 0.15) is 12.2 Å². The molecule has 5 nitrogen and oxygen atoms in total. The van der Waals surface area contributed by atoms with Crippen molar-refractivity contribution in [2.24, 2.45) is 0 Å². The Morgan fingerprint density at radius 1 is 0.652 bits per heavy atom. The zero-order valence-electron chi connectivity index (χ0n) is 14.6. The van der Waals surface area contributed by atoms with E-state index in [4.69, 9.17) is 24.4 Å². The van der Waals surface area contributed by atoms with Crippen LogP contribution in [0.2, 0.25) is 0 Å². The molecular formula is C18H36O5. The van der Waals surface area contributed by atoms with E-state index in [-0.39, 0.29) is 13.2 Å². The van der Waals surface area contributed by atoms with E-state index < -0.39 is 0 Å². The van der Waals surface area contributed by atoms with Gasteiger partial charge in [0.05, 0.1) is 39.6 Å². The summed E-state index contributed by atoms with van der Waals surface area (Å²) < 4.78 is 15.1. The summed E-state index contributed by atoms with van der Waals surface area (Å²) in [6.07, 6.45) is 0.785. The Hall–Kier alpha value is -1.50. The van der Waals surface area contributed by atoms with E-state index in [2.05, 4.69) is 65.8 Å². The predicted octanol–water partition coefficient (Wildman–Crippen LogP) is 2.78. The van der Waals surface area contributed by atoms with Crippen LogP contribution in [0, 0.1) is 0 Å². The van der Waals surface area contributed by atoms with Crippen LogP contribution in [-0.4, -0.2) is 62.1 Å². The molecule has 0 spiro atoms. The van der Waals surface area contributed by atoms with Gasteiger partial charge in [-0.25, -0.2) is 0 Å². The SMILES string of the molecule is C(OCC1CO1)C1CO1.C=C.C=C.C=C.C=C.C=C.OCCO. The average Bonchev–Trinajstić information content (AvgIpc) is 3.60. The third kappa shape index (κ3) is 53.1. The molecule has 2 unspecified atom stereocenters. The molecule has 2 rings (SSSR count). The largest absolute Gasteiger partial charge is 0.394 e. The lowest BCUT2D eigenvalue weighted by Gasteiger charge is -1.95. The topological polar surface area (TPSA) is 74.8 Å². The fourth-order valence-electron chi connectivity index (χ4n) is 0.659. The molecule has 0 aromatic heterocycles.